The van der Waals surface area contributed by atoms with Crippen molar-refractivity contribution in [2.45, 2.75) is 39.2 Å². The van der Waals surface area contributed by atoms with Crippen LogP contribution < -0.4 is 10.1 Å². The highest BCUT2D eigenvalue weighted by Gasteiger charge is 2.18. The van der Waals surface area contributed by atoms with E-state index in [2.05, 4.69) is 12.2 Å². The van der Waals surface area contributed by atoms with Gasteiger partial charge < -0.3 is 15.5 Å². The Morgan fingerprint density at radius 1 is 1.20 bits per heavy atom. The lowest BCUT2D eigenvalue weighted by Crippen LogP contribution is -2.21. The maximum Gasteiger partial charge on any atom is 0.255 e. The van der Waals surface area contributed by atoms with Crippen LogP contribution in [-0.4, -0.2) is 17.7 Å². The highest BCUT2D eigenvalue weighted by Crippen LogP contribution is 2.31. The van der Waals surface area contributed by atoms with Gasteiger partial charge in [-0.1, -0.05) is 19.1 Å². The van der Waals surface area contributed by atoms with Crippen LogP contribution in [0.1, 0.15) is 48.2 Å². The van der Waals surface area contributed by atoms with Gasteiger partial charge in [-0.3, -0.25) is 4.79 Å². The van der Waals surface area contributed by atoms with Crippen LogP contribution in [0.4, 0.5) is 5.69 Å². The zero-order valence-electron chi connectivity index (χ0n) is 14.5. The van der Waals surface area contributed by atoms with Crippen LogP contribution in [0, 0.1) is 5.41 Å². The van der Waals surface area contributed by atoms with Gasteiger partial charge in [0.1, 0.15) is 5.75 Å². The first kappa shape index (κ1) is 19.0. The molecule has 5 heteroatoms. The van der Waals surface area contributed by atoms with Crippen molar-refractivity contribution in [2.75, 3.05) is 5.32 Å². The van der Waals surface area contributed by atoms with E-state index in [0.717, 1.165) is 41.8 Å². The number of rotatable bonds is 4. The molecule has 0 aliphatic carbocycles. The molecule has 0 saturated heterocycles. The number of carbonyl (C=O) groups is 1. The highest BCUT2D eigenvalue weighted by molar-refractivity contribution is 6.05. The molecule has 25 heavy (non-hydrogen) atoms. The summed E-state index contributed by atoms with van der Waals surface area (Å²) in [5, 5.41) is 10.5. The number of hydrogen-bond acceptors (Lipinski definition) is 3. The maximum absolute atomic E-state index is 12.4. The van der Waals surface area contributed by atoms with E-state index < -0.39 is 0 Å². The summed E-state index contributed by atoms with van der Waals surface area (Å²) in [5.41, 5.74) is 3.82. The number of hydrogen-bond donors (Lipinski definition) is 2. The van der Waals surface area contributed by atoms with Gasteiger partial charge in [0.05, 0.1) is 6.10 Å². The third-order valence-corrected chi connectivity index (χ3v) is 4.38. The van der Waals surface area contributed by atoms with Gasteiger partial charge in [-0.15, -0.1) is 12.4 Å². The normalized spacial score (nSPS) is 15.4. The molecule has 0 saturated carbocycles. The second-order valence-corrected chi connectivity index (χ2v) is 6.17. The zero-order chi connectivity index (χ0) is 17.1. The van der Waals surface area contributed by atoms with E-state index in [1.807, 2.05) is 18.2 Å². The molecule has 1 unspecified atom stereocenters. The summed E-state index contributed by atoms with van der Waals surface area (Å²) in [6.45, 7) is 3.86. The molecule has 2 N–H and O–H groups in total. The van der Waals surface area contributed by atoms with Crippen molar-refractivity contribution in [1.82, 2.24) is 0 Å². The Labute approximate surface area is 154 Å². The van der Waals surface area contributed by atoms with Crippen LogP contribution in [0.2, 0.25) is 0 Å². The van der Waals surface area contributed by atoms with E-state index in [1.54, 1.807) is 31.2 Å². The second kappa shape index (κ2) is 8.17. The Morgan fingerprint density at radius 2 is 1.88 bits per heavy atom. The molecule has 1 atom stereocenters. The molecule has 0 aromatic heterocycles. The first-order valence-corrected chi connectivity index (χ1v) is 8.33. The van der Waals surface area contributed by atoms with Crippen molar-refractivity contribution >= 4 is 29.7 Å². The zero-order valence-corrected chi connectivity index (χ0v) is 15.3. The summed E-state index contributed by atoms with van der Waals surface area (Å²) < 4.78 is 5.93. The molecule has 1 aliphatic heterocycles. The Kier molecular flexibility index (Phi) is 6.21. The molecular weight excluding hydrogens is 336 g/mol. The summed E-state index contributed by atoms with van der Waals surface area (Å²) in [5.74, 6) is 0.782. The second-order valence-electron chi connectivity index (χ2n) is 6.17. The number of amides is 1. The molecule has 4 nitrogen and oxygen atoms in total. The maximum atomic E-state index is 12.4. The smallest absolute Gasteiger partial charge is 0.255 e. The molecule has 0 spiro atoms. The lowest BCUT2D eigenvalue weighted by molar-refractivity contribution is 0.102. The van der Waals surface area contributed by atoms with Crippen molar-refractivity contribution in [3.8, 4) is 5.75 Å². The number of ether oxygens (including phenoxy) is 1. The van der Waals surface area contributed by atoms with Crippen LogP contribution in [0.15, 0.2) is 42.5 Å². The number of nitrogens with one attached hydrogen (secondary N) is 2. The average molecular weight is 359 g/mol. The molecule has 0 fully saturated rings. The van der Waals surface area contributed by atoms with Crippen LogP contribution in [0.3, 0.4) is 0 Å². The number of aryl methyl sites for hydroxylation is 1. The minimum absolute atomic E-state index is 0. The van der Waals surface area contributed by atoms with Crippen LogP contribution in [0.25, 0.3) is 0 Å². The molecular formula is C20H23ClN2O2. The average Bonchev–Trinajstić information content (AvgIpc) is 2.61. The Hall–Kier alpha value is -2.33. The molecule has 1 aliphatic rings. The van der Waals surface area contributed by atoms with Crippen molar-refractivity contribution in [3.63, 3.8) is 0 Å². The number of carbonyl (C=O) groups excluding carboxylic acids is 1. The SMILES string of the molecule is CCC1CCc2cc(NC(=O)c3ccc(C(C)=N)cc3)ccc2O1.Cl. The van der Waals surface area contributed by atoms with Gasteiger partial charge in [-0.2, -0.15) is 0 Å². The molecule has 1 heterocycles. The van der Waals surface area contributed by atoms with Crippen LogP contribution in [0.5, 0.6) is 5.75 Å². The van der Waals surface area contributed by atoms with Gasteiger partial charge in [0.15, 0.2) is 0 Å². The van der Waals surface area contributed by atoms with Gasteiger partial charge in [0.25, 0.3) is 5.91 Å². The Balaban J connectivity index is 0.00000225. The summed E-state index contributed by atoms with van der Waals surface area (Å²) in [4.78, 5) is 12.4. The lowest BCUT2D eigenvalue weighted by Gasteiger charge is -2.25. The van der Waals surface area contributed by atoms with Gasteiger partial charge in [-0.05, 0) is 67.6 Å². The molecule has 1 amide bonds. The van der Waals surface area contributed by atoms with Gasteiger partial charge in [0, 0.05) is 17.0 Å². The van der Waals surface area contributed by atoms with E-state index in [9.17, 15) is 4.79 Å². The minimum Gasteiger partial charge on any atom is -0.490 e. The predicted octanol–water partition coefficient (Wildman–Crippen LogP) is 4.85. The fourth-order valence-corrected chi connectivity index (χ4v) is 2.88. The summed E-state index contributed by atoms with van der Waals surface area (Å²) in [6, 6.07) is 12.9. The Morgan fingerprint density at radius 3 is 2.52 bits per heavy atom. The van der Waals surface area contributed by atoms with Crippen molar-refractivity contribution in [1.29, 1.82) is 5.41 Å². The quantitative estimate of drug-likeness (QED) is 0.767. The third-order valence-electron chi connectivity index (χ3n) is 4.38. The van der Waals surface area contributed by atoms with E-state index in [-0.39, 0.29) is 18.3 Å². The molecule has 132 valence electrons. The topological polar surface area (TPSA) is 62.2 Å². The first-order chi connectivity index (χ1) is 11.6. The van der Waals surface area contributed by atoms with Crippen LogP contribution in [-0.2, 0) is 6.42 Å². The third kappa shape index (κ3) is 4.40. The molecule has 3 rings (SSSR count). The predicted molar refractivity (Wildman–Crippen MR) is 104 cm³/mol. The Bertz CT molecular complexity index is 772. The van der Waals surface area contributed by atoms with E-state index in [4.69, 9.17) is 10.1 Å². The van der Waals surface area contributed by atoms with Crippen molar-refractivity contribution in [2.24, 2.45) is 0 Å². The van der Waals surface area contributed by atoms with E-state index >= 15 is 0 Å². The van der Waals surface area contributed by atoms with Crippen molar-refractivity contribution < 1.29 is 9.53 Å². The van der Waals surface area contributed by atoms with E-state index in [1.165, 1.54) is 0 Å². The largest absolute Gasteiger partial charge is 0.490 e. The summed E-state index contributed by atoms with van der Waals surface area (Å²) in [7, 11) is 0. The number of halogens is 1. The standard InChI is InChI=1S/C20H22N2O2.ClH/c1-3-18-10-8-16-12-17(9-11-19(16)24-18)22-20(23)15-6-4-14(5-7-15)13(2)21;/h4-7,9,11-12,18,21H,3,8,10H2,1-2H3,(H,22,23);1H. The fourth-order valence-electron chi connectivity index (χ4n) is 2.88. The van der Waals surface area contributed by atoms with Gasteiger partial charge in [0.2, 0.25) is 0 Å². The number of fused-ring (bicyclic) bond motifs is 1. The van der Waals surface area contributed by atoms with Gasteiger partial charge >= 0.3 is 0 Å². The summed E-state index contributed by atoms with van der Waals surface area (Å²) >= 11 is 0. The highest BCUT2D eigenvalue weighted by atomic mass is 35.5. The molecule has 0 bridgehead atoms. The molecule has 2 aromatic carbocycles. The molecule has 2 aromatic rings. The lowest BCUT2D eigenvalue weighted by atomic mass is 10.0. The van der Waals surface area contributed by atoms with Crippen molar-refractivity contribution in [3.05, 3.63) is 59.2 Å². The minimum atomic E-state index is -0.146. The summed E-state index contributed by atoms with van der Waals surface area (Å²) in [6.07, 6.45) is 3.31. The van der Waals surface area contributed by atoms with E-state index in [0.29, 0.717) is 17.4 Å². The monoisotopic (exact) mass is 358 g/mol. The number of anilines is 1. The fraction of sp³-hybridized carbons (Fsp3) is 0.300. The molecule has 0 radical (unpaired) electrons. The number of benzene rings is 2. The van der Waals surface area contributed by atoms with Gasteiger partial charge in [-0.25, -0.2) is 0 Å². The van der Waals surface area contributed by atoms with Crippen LogP contribution >= 0.6 is 12.4 Å². The first-order valence-electron chi connectivity index (χ1n) is 8.33.